The molecule has 2 aromatic rings. The Kier molecular flexibility index (Phi) is 6.40. The molecule has 1 fully saturated rings. The van der Waals surface area contributed by atoms with Crippen molar-refractivity contribution in [2.45, 2.75) is 22.6 Å². The zero-order valence-corrected chi connectivity index (χ0v) is 17.7. The van der Waals surface area contributed by atoms with Crippen LogP contribution in [0.1, 0.15) is 23.2 Å². The molecule has 1 amide bonds. The van der Waals surface area contributed by atoms with Crippen LogP contribution in [0.25, 0.3) is 0 Å². The Bertz CT molecular complexity index is 1070. The molecule has 156 valence electrons. The fourth-order valence-corrected chi connectivity index (χ4v) is 5.78. The number of piperidine rings is 1. The van der Waals surface area contributed by atoms with Crippen LogP contribution in [-0.4, -0.2) is 52.9 Å². The number of carbonyl (C=O) groups is 1. The molecule has 1 saturated heterocycles. The number of benzene rings is 2. The van der Waals surface area contributed by atoms with Gasteiger partial charge in [-0.1, -0.05) is 30.3 Å². The highest BCUT2D eigenvalue weighted by molar-refractivity contribution is 7.90. The van der Waals surface area contributed by atoms with Crippen molar-refractivity contribution in [2.75, 3.05) is 25.9 Å². The Morgan fingerprint density at radius 2 is 1.55 bits per heavy atom. The quantitative estimate of drug-likeness (QED) is 0.746. The third kappa shape index (κ3) is 5.04. The summed E-state index contributed by atoms with van der Waals surface area (Å²) in [5.41, 5.74) is 0.124. The first-order valence-electron chi connectivity index (χ1n) is 9.32. The lowest BCUT2D eigenvalue weighted by atomic mass is 9.98. The van der Waals surface area contributed by atoms with Crippen molar-refractivity contribution in [3.8, 4) is 0 Å². The van der Waals surface area contributed by atoms with Crippen LogP contribution in [-0.2, 0) is 19.9 Å². The highest BCUT2D eigenvalue weighted by Gasteiger charge is 2.29. The van der Waals surface area contributed by atoms with Gasteiger partial charge < -0.3 is 5.32 Å². The van der Waals surface area contributed by atoms with Crippen LogP contribution in [0.3, 0.4) is 0 Å². The van der Waals surface area contributed by atoms with Gasteiger partial charge in [-0.25, -0.2) is 16.8 Å². The van der Waals surface area contributed by atoms with Gasteiger partial charge in [-0.2, -0.15) is 4.31 Å². The number of hydrogen-bond acceptors (Lipinski definition) is 5. The van der Waals surface area contributed by atoms with Crippen LogP contribution < -0.4 is 5.32 Å². The summed E-state index contributed by atoms with van der Waals surface area (Å²) in [6, 6.07) is 14.4. The molecule has 0 unspecified atom stereocenters. The van der Waals surface area contributed by atoms with Crippen LogP contribution in [0, 0.1) is 5.92 Å². The van der Waals surface area contributed by atoms with E-state index in [2.05, 4.69) is 5.32 Å². The van der Waals surface area contributed by atoms with Gasteiger partial charge in [0.25, 0.3) is 5.91 Å². The number of sulfonamides is 1. The van der Waals surface area contributed by atoms with Crippen molar-refractivity contribution in [1.29, 1.82) is 0 Å². The van der Waals surface area contributed by atoms with Crippen LogP contribution in [0.5, 0.6) is 0 Å². The molecule has 0 aromatic heterocycles. The van der Waals surface area contributed by atoms with Gasteiger partial charge in [0.1, 0.15) is 0 Å². The predicted octanol–water partition coefficient (Wildman–Crippen LogP) is 1.92. The average Bonchev–Trinajstić information content (AvgIpc) is 2.72. The standard InChI is InChI=1S/C20H24N2O5S2/c1-28(24,25)19-10-6-5-9-18(19)20(23)21-15-16-11-13-22(14-12-16)29(26,27)17-7-3-2-4-8-17/h2-10,16H,11-15H2,1H3,(H,21,23). The summed E-state index contributed by atoms with van der Waals surface area (Å²) in [7, 11) is -7.01. The molecule has 9 heteroatoms. The summed E-state index contributed by atoms with van der Waals surface area (Å²) in [5.74, 6) is -0.308. The highest BCUT2D eigenvalue weighted by Crippen LogP contribution is 2.23. The van der Waals surface area contributed by atoms with Crippen molar-refractivity contribution in [1.82, 2.24) is 9.62 Å². The van der Waals surface area contributed by atoms with Gasteiger partial charge in [0, 0.05) is 25.9 Å². The summed E-state index contributed by atoms with van der Waals surface area (Å²) in [4.78, 5) is 12.8. The van der Waals surface area contributed by atoms with Crippen LogP contribution in [0.4, 0.5) is 0 Å². The van der Waals surface area contributed by atoms with E-state index >= 15 is 0 Å². The fraction of sp³-hybridized carbons (Fsp3) is 0.350. The van der Waals surface area contributed by atoms with Gasteiger partial charge in [-0.15, -0.1) is 0 Å². The molecule has 1 aliphatic heterocycles. The number of nitrogens with zero attached hydrogens (tertiary/aromatic N) is 1. The smallest absolute Gasteiger partial charge is 0.252 e. The minimum atomic E-state index is -3.51. The van der Waals surface area contributed by atoms with Gasteiger partial charge >= 0.3 is 0 Å². The molecule has 0 saturated carbocycles. The Morgan fingerprint density at radius 1 is 0.966 bits per heavy atom. The van der Waals surface area contributed by atoms with E-state index in [1.807, 2.05) is 0 Å². The fourth-order valence-electron chi connectivity index (χ4n) is 3.41. The van der Waals surface area contributed by atoms with Gasteiger partial charge in [0.2, 0.25) is 10.0 Å². The van der Waals surface area contributed by atoms with Gasteiger partial charge in [-0.05, 0) is 43.0 Å². The first-order chi connectivity index (χ1) is 13.7. The van der Waals surface area contributed by atoms with Crippen LogP contribution in [0.15, 0.2) is 64.4 Å². The Hall–Kier alpha value is -2.23. The number of sulfone groups is 1. The maximum Gasteiger partial charge on any atom is 0.252 e. The molecular formula is C20H24N2O5S2. The second-order valence-corrected chi connectivity index (χ2v) is 11.1. The Balaban J connectivity index is 1.58. The molecule has 0 radical (unpaired) electrons. The van der Waals surface area contributed by atoms with Gasteiger partial charge in [-0.3, -0.25) is 4.79 Å². The second kappa shape index (κ2) is 8.64. The lowest BCUT2D eigenvalue weighted by Crippen LogP contribution is -2.41. The molecule has 1 N–H and O–H groups in total. The number of hydrogen-bond donors (Lipinski definition) is 1. The highest BCUT2D eigenvalue weighted by atomic mass is 32.2. The monoisotopic (exact) mass is 436 g/mol. The molecule has 1 heterocycles. The van der Waals surface area contributed by atoms with E-state index in [-0.39, 0.29) is 21.3 Å². The van der Waals surface area contributed by atoms with E-state index in [1.54, 1.807) is 42.5 Å². The van der Waals surface area contributed by atoms with Gasteiger partial charge in [0.05, 0.1) is 15.4 Å². The first kappa shape index (κ1) is 21.5. The number of carbonyl (C=O) groups excluding carboxylic acids is 1. The van der Waals surface area contributed by atoms with E-state index in [9.17, 15) is 21.6 Å². The van der Waals surface area contributed by atoms with E-state index in [0.717, 1.165) is 6.26 Å². The summed E-state index contributed by atoms with van der Waals surface area (Å²) < 4.78 is 50.6. The van der Waals surface area contributed by atoms with Crippen molar-refractivity contribution in [3.63, 3.8) is 0 Å². The SMILES string of the molecule is CS(=O)(=O)c1ccccc1C(=O)NCC1CCN(S(=O)(=O)c2ccccc2)CC1. The average molecular weight is 437 g/mol. The molecule has 0 aliphatic carbocycles. The Labute approximate surface area is 171 Å². The third-order valence-electron chi connectivity index (χ3n) is 5.04. The molecule has 29 heavy (non-hydrogen) atoms. The summed E-state index contributed by atoms with van der Waals surface area (Å²) >= 11 is 0. The topological polar surface area (TPSA) is 101 Å². The third-order valence-corrected chi connectivity index (χ3v) is 8.10. The van der Waals surface area contributed by atoms with E-state index < -0.39 is 25.8 Å². The van der Waals surface area contributed by atoms with Crippen molar-refractivity contribution in [2.24, 2.45) is 5.92 Å². The summed E-state index contributed by atoms with van der Waals surface area (Å²) in [6.07, 6.45) is 2.32. The number of nitrogens with one attached hydrogen (secondary N) is 1. The van der Waals surface area contributed by atoms with Crippen LogP contribution >= 0.6 is 0 Å². The maximum atomic E-state index is 12.7. The van der Waals surface area contributed by atoms with E-state index in [1.165, 1.54) is 16.4 Å². The molecule has 7 nitrogen and oxygen atoms in total. The molecular weight excluding hydrogens is 412 g/mol. The van der Waals surface area contributed by atoms with Crippen molar-refractivity contribution < 1.29 is 21.6 Å². The lowest BCUT2D eigenvalue weighted by molar-refractivity contribution is 0.0938. The molecule has 2 aromatic carbocycles. The summed E-state index contributed by atoms with van der Waals surface area (Å²) in [6.45, 7) is 1.14. The van der Waals surface area contributed by atoms with Gasteiger partial charge in [0.15, 0.2) is 9.84 Å². The molecule has 3 rings (SSSR count). The maximum absolute atomic E-state index is 12.7. The Morgan fingerprint density at radius 3 is 2.17 bits per heavy atom. The first-order valence-corrected chi connectivity index (χ1v) is 12.7. The molecule has 0 spiro atoms. The molecule has 0 atom stereocenters. The largest absolute Gasteiger partial charge is 0.352 e. The van der Waals surface area contributed by atoms with E-state index in [0.29, 0.717) is 32.5 Å². The zero-order valence-electron chi connectivity index (χ0n) is 16.1. The minimum absolute atomic E-state index is 0.00118. The predicted molar refractivity (Wildman–Crippen MR) is 110 cm³/mol. The number of amides is 1. The van der Waals surface area contributed by atoms with Crippen molar-refractivity contribution >= 4 is 25.8 Å². The normalized spacial score (nSPS) is 16.4. The molecule has 1 aliphatic rings. The van der Waals surface area contributed by atoms with E-state index in [4.69, 9.17) is 0 Å². The second-order valence-electron chi connectivity index (χ2n) is 7.14. The lowest BCUT2D eigenvalue weighted by Gasteiger charge is -2.31. The molecule has 0 bridgehead atoms. The summed E-state index contributed by atoms with van der Waals surface area (Å²) in [5, 5.41) is 2.80. The minimum Gasteiger partial charge on any atom is -0.352 e. The van der Waals surface area contributed by atoms with Crippen LogP contribution in [0.2, 0.25) is 0 Å². The zero-order chi connectivity index (χ0) is 21.1. The number of rotatable bonds is 6. The van der Waals surface area contributed by atoms with Crippen molar-refractivity contribution in [3.05, 3.63) is 60.2 Å².